The Morgan fingerprint density at radius 3 is 2.38 bits per heavy atom. The Morgan fingerprint density at radius 2 is 1.65 bits per heavy atom. The van der Waals surface area contributed by atoms with Crippen LogP contribution in [0.3, 0.4) is 0 Å². The summed E-state index contributed by atoms with van der Waals surface area (Å²) < 4.78 is 5.62. The number of hydrogen-bond acceptors (Lipinski definition) is 9. The van der Waals surface area contributed by atoms with E-state index in [4.69, 9.17) is 4.42 Å². The molecule has 52 heavy (non-hydrogen) atoms. The van der Waals surface area contributed by atoms with E-state index in [-0.39, 0.29) is 36.3 Å². The van der Waals surface area contributed by atoms with Gasteiger partial charge < -0.3 is 25.3 Å². The molecule has 0 radical (unpaired) electrons. The fraction of sp³-hybridized carbons (Fsp3) is 0.308. The van der Waals surface area contributed by atoms with E-state index in [1.807, 2.05) is 74.5 Å². The predicted molar refractivity (Wildman–Crippen MR) is 197 cm³/mol. The molecule has 2 aromatic carbocycles. The zero-order valence-corrected chi connectivity index (χ0v) is 30.3. The lowest BCUT2D eigenvalue weighted by Crippen LogP contribution is -2.50. The lowest BCUT2D eigenvalue weighted by molar-refractivity contribution is -0.122. The van der Waals surface area contributed by atoms with E-state index in [2.05, 4.69) is 30.9 Å². The highest BCUT2D eigenvalue weighted by atomic mass is 32.1. The molecular weight excluding hydrogens is 679 g/mol. The van der Waals surface area contributed by atoms with Gasteiger partial charge in [0.25, 0.3) is 17.7 Å². The number of hydrogen-bond donors (Lipinski definition) is 3. The SMILES string of the molecule is Cc1nccc(-c2ccccc2)c1C(=O)N1CC(=O)N[C@H](Cc2ccccc2)c2nc(cs2)C(=O)N[C@H](C)c2nc(co2)C(=O)N[C@H](CC(C)C)C1. The van der Waals surface area contributed by atoms with Crippen LogP contribution in [0.2, 0.25) is 0 Å². The first-order valence-corrected chi connectivity index (χ1v) is 18.1. The van der Waals surface area contributed by atoms with Gasteiger partial charge in [0.1, 0.15) is 23.0 Å². The van der Waals surface area contributed by atoms with Gasteiger partial charge >= 0.3 is 0 Å². The summed E-state index contributed by atoms with van der Waals surface area (Å²) in [5, 5.41) is 11.1. The topological polar surface area (TPSA) is 159 Å². The maximum atomic E-state index is 14.8. The van der Waals surface area contributed by atoms with E-state index in [0.29, 0.717) is 34.7 Å². The summed E-state index contributed by atoms with van der Waals surface area (Å²) in [7, 11) is 0. The minimum atomic E-state index is -0.668. The molecule has 0 saturated heterocycles. The summed E-state index contributed by atoms with van der Waals surface area (Å²) in [4.78, 5) is 70.6. The largest absolute Gasteiger partial charge is 0.446 e. The first-order valence-electron chi connectivity index (χ1n) is 17.2. The zero-order chi connectivity index (χ0) is 36.8. The van der Waals surface area contributed by atoms with Crippen LogP contribution in [0.15, 0.2) is 89.0 Å². The molecule has 3 atom stereocenters. The number of benzene rings is 2. The third-order valence-electron chi connectivity index (χ3n) is 8.74. The molecule has 0 spiro atoms. The third-order valence-corrected chi connectivity index (χ3v) is 9.69. The zero-order valence-electron chi connectivity index (χ0n) is 29.5. The van der Waals surface area contributed by atoms with Crippen molar-refractivity contribution in [1.82, 2.24) is 35.8 Å². The highest BCUT2D eigenvalue weighted by Gasteiger charge is 2.31. The normalized spacial score (nSPS) is 18.6. The van der Waals surface area contributed by atoms with Crippen LogP contribution < -0.4 is 16.0 Å². The average molecular weight is 720 g/mol. The lowest BCUT2D eigenvalue weighted by Gasteiger charge is -2.30. The monoisotopic (exact) mass is 719 g/mol. The third kappa shape index (κ3) is 8.60. The van der Waals surface area contributed by atoms with Crippen LogP contribution in [-0.4, -0.2) is 62.6 Å². The molecule has 0 fully saturated rings. The molecule has 268 valence electrons. The number of thiazole rings is 1. The van der Waals surface area contributed by atoms with Gasteiger partial charge in [0.15, 0.2) is 5.69 Å². The Labute approximate surface area is 306 Å². The smallest absolute Gasteiger partial charge is 0.273 e. The van der Waals surface area contributed by atoms with Crippen LogP contribution in [0.4, 0.5) is 0 Å². The highest BCUT2D eigenvalue weighted by molar-refractivity contribution is 7.09. The number of amides is 4. The number of carbonyl (C=O) groups excluding carboxylic acids is 4. The fourth-order valence-electron chi connectivity index (χ4n) is 6.28. The average Bonchev–Trinajstić information content (AvgIpc) is 3.83. The van der Waals surface area contributed by atoms with Crippen molar-refractivity contribution in [1.29, 1.82) is 0 Å². The van der Waals surface area contributed by atoms with Gasteiger partial charge in [0.2, 0.25) is 11.8 Å². The maximum Gasteiger partial charge on any atom is 0.273 e. The highest BCUT2D eigenvalue weighted by Crippen LogP contribution is 2.28. The van der Waals surface area contributed by atoms with Gasteiger partial charge in [-0.1, -0.05) is 74.5 Å². The summed E-state index contributed by atoms with van der Waals surface area (Å²) in [6.07, 6.45) is 3.80. The van der Waals surface area contributed by atoms with Crippen molar-refractivity contribution in [2.75, 3.05) is 13.1 Å². The lowest BCUT2D eigenvalue weighted by atomic mass is 9.97. The quantitative estimate of drug-likeness (QED) is 0.202. The van der Waals surface area contributed by atoms with Gasteiger partial charge in [-0.25, -0.2) is 9.97 Å². The van der Waals surface area contributed by atoms with E-state index in [1.165, 1.54) is 22.5 Å². The molecule has 4 bridgehead atoms. The molecule has 3 N–H and O–H groups in total. The number of rotatable bonds is 6. The van der Waals surface area contributed by atoms with Gasteiger partial charge in [-0.05, 0) is 55.4 Å². The molecule has 12 nitrogen and oxygen atoms in total. The summed E-state index contributed by atoms with van der Waals surface area (Å²) in [5.41, 5.74) is 3.53. The van der Waals surface area contributed by atoms with E-state index in [0.717, 1.165) is 11.1 Å². The van der Waals surface area contributed by atoms with Crippen molar-refractivity contribution in [3.63, 3.8) is 0 Å². The Balaban J connectivity index is 1.42. The number of oxazole rings is 1. The fourth-order valence-corrected chi connectivity index (χ4v) is 7.13. The molecule has 13 heteroatoms. The Morgan fingerprint density at radius 1 is 0.942 bits per heavy atom. The van der Waals surface area contributed by atoms with Gasteiger partial charge in [0.05, 0.1) is 23.8 Å². The first-order chi connectivity index (χ1) is 25.0. The Hall–Kier alpha value is -5.69. The number of nitrogens with one attached hydrogen (secondary N) is 3. The van der Waals surface area contributed by atoms with E-state index < -0.39 is 41.8 Å². The summed E-state index contributed by atoms with van der Waals surface area (Å²) >= 11 is 1.26. The van der Waals surface area contributed by atoms with Crippen LogP contribution >= 0.6 is 11.3 Å². The van der Waals surface area contributed by atoms with E-state index >= 15 is 0 Å². The van der Waals surface area contributed by atoms with Crippen LogP contribution in [0, 0.1) is 12.8 Å². The number of pyridine rings is 1. The second-order valence-electron chi connectivity index (χ2n) is 13.3. The minimum absolute atomic E-state index is 0.0238. The van der Waals surface area contributed by atoms with Gasteiger partial charge in [-0.2, -0.15) is 0 Å². The molecule has 0 unspecified atom stereocenters. The molecule has 1 aliphatic heterocycles. The van der Waals surface area contributed by atoms with Gasteiger partial charge in [0, 0.05) is 24.2 Å². The summed E-state index contributed by atoms with van der Waals surface area (Å²) in [5.74, 6) is -1.51. The second-order valence-corrected chi connectivity index (χ2v) is 14.2. The summed E-state index contributed by atoms with van der Waals surface area (Å²) in [6, 6.07) is 19.2. The van der Waals surface area contributed by atoms with Crippen molar-refractivity contribution < 1.29 is 23.6 Å². The molecule has 1 aliphatic rings. The summed E-state index contributed by atoms with van der Waals surface area (Å²) in [6.45, 7) is 7.21. The van der Waals surface area contributed by atoms with E-state index in [1.54, 1.807) is 31.5 Å². The second kappa shape index (κ2) is 16.1. The van der Waals surface area contributed by atoms with Crippen molar-refractivity contribution in [3.05, 3.63) is 124 Å². The molecule has 4 heterocycles. The standard InChI is InChI=1S/C39H41N7O5S/c1-23(2)17-28-19-46(39(50)34-24(3)40-16-15-29(34)27-13-9-6-10-14-27)20-33(47)43-30(18-26-11-7-5-8-12-26)38-45-32(22-52-38)36(49)41-25(4)37-44-31(21-51-37)35(48)42-28/h5-16,21-23,25,28,30H,17-20H2,1-4H3,(H,41,49)(H,42,48)(H,43,47)/t25-,28-,30-/m1/s1. The first kappa shape index (κ1) is 36.1. The molecule has 4 amide bonds. The van der Waals surface area contributed by atoms with Crippen LogP contribution in [0.25, 0.3) is 11.1 Å². The molecule has 6 rings (SSSR count). The van der Waals surface area contributed by atoms with Crippen LogP contribution in [-0.2, 0) is 11.2 Å². The van der Waals surface area contributed by atoms with Gasteiger partial charge in [-0.3, -0.25) is 24.2 Å². The van der Waals surface area contributed by atoms with Crippen molar-refractivity contribution in [3.8, 4) is 11.1 Å². The molecule has 5 aromatic rings. The maximum absolute atomic E-state index is 14.8. The Kier molecular flexibility index (Phi) is 11.2. The van der Waals surface area contributed by atoms with E-state index in [9.17, 15) is 19.2 Å². The van der Waals surface area contributed by atoms with Crippen LogP contribution in [0.5, 0.6) is 0 Å². The molecule has 3 aromatic heterocycles. The van der Waals surface area contributed by atoms with Crippen molar-refractivity contribution in [2.45, 2.75) is 58.7 Å². The number of carbonyl (C=O) groups is 4. The Bertz CT molecular complexity index is 2050. The minimum Gasteiger partial charge on any atom is -0.446 e. The molecule has 0 aliphatic carbocycles. The number of aromatic nitrogens is 3. The van der Waals surface area contributed by atoms with Crippen LogP contribution in [0.1, 0.15) is 92.8 Å². The number of nitrogens with zero attached hydrogens (tertiary/aromatic N) is 4. The predicted octanol–water partition coefficient (Wildman–Crippen LogP) is 5.69. The number of fused-ring (bicyclic) bond motifs is 4. The number of aryl methyl sites for hydroxylation is 1. The van der Waals surface area contributed by atoms with Crippen molar-refractivity contribution >= 4 is 35.0 Å². The van der Waals surface area contributed by atoms with Crippen molar-refractivity contribution in [2.24, 2.45) is 5.92 Å². The molecular formula is C39H41N7O5S. The van der Waals surface area contributed by atoms with Gasteiger partial charge in [-0.15, -0.1) is 11.3 Å². The molecule has 0 saturated carbocycles.